The average Bonchev–Trinajstić information content (AvgIpc) is 1.53. The summed E-state index contributed by atoms with van der Waals surface area (Å²) in [6.45, 7) is 8.67. The molecule has 0 unspecified atom stereocenters. The van der Waals surface area contributed by atoms with Gasteiger partial charge in [0.2, 0.25) is 0 Å². The van der Waals surface area contributed by atoms with Crippen molar-refractivity contribution in [3.8, 4) is 115 Å². The predicted molar refractivity (Wildman–Crippen MR) is 551 cm³/mol. The lowest BCUT2D eigenvalue weighted by Crippen LogP contribution is -2.29. The number of hydrogen-bond acceptors (Lipinski definition) is 8. The van der Waals surface area contributed by atoms with Crippen LogP contribution in [0.15, 0.2) is 388 Å². The van der Waals surface area contributed by atoms with E-state index < -0.39 is 27.1 Å². The van der Waals surface area contributed by atoms with E-state index in [4.69, 9.17) is 18.9 Å². The molecule has 8 heteroatoms. The van der Waals surface area contributed by atoms with Crippen LogP contribution in [0.1, 0.15) is 133 Å². The van der Waals surface area contributed by atoms with Crippen molar-refractivity contribution < 1.29 is 18.9 Å². The first-order chi connectivity index (χ1) is 65.7. The molecule has 4 aliphatic carbocycles. The van der Waals surface area contributed by atoms with Crippen molar-refractivity contribution >= 4 is 88.4 Å². The van der Waals surface area contributed by atoms with Crippen LogP contribution in [0.5, 0.6) is 23.0 Å². The Balaban J connectivity index is 0.822. The van der Waals surface area contributed by atoms with Crippen LogP contribution in [0.25, 0.3) is 87.6 Å². The first-order valence-corrected chi connectivity index (χ1v) is 48.5. The second-order valence-electron chi connectivity index (χ2n) is 34.5. The zero-order valence-corrected chi connectivity index (χ0v) is 76.8. The average molecular weight is 1780 g/mol. The van der Waals surface area contributed by atoms with Crippen molar-refractivity contribution in [1.29, 1.82) is 0 Å². The third kappa shape index (κ3) is 12.4. The van der Waals surface area contributed by atoms with Crippen LogP contribution < -0.4 is 18.9 Å². The van der Waals surface area contributed by atoms with E-state index in [2.05, 4.69) is 436 Å². The Morgan fingerprint density at radius 3 is 0.579 bits per heavy atom. The first kappa shape index (κ1) is 81.1. The normalized spacial score (nSPS) is 13.7. The summed E-state index contributed by atoms with van der Waals surface area (Å²) in [6.07, 6.45) is 0. The van der Waals surface area contributed by atoms with Crippen LogP contribution in [0.4, 0.5) is 0 Å². The van der Waals surface area contributed by atoms with Crippen LogP contribution >= 0.6 is 45.3 Å². The molecule has 0 fully saturated rings. The van der Waals surface area contributed by atoms with Crippen LogP contribution in [0, 0.1) is 47.4 Å². The molecule has 4 heterocycles. The molecule has 632 valence electrons. The number of thiophene rings is 4. The number of rotatable bonds is 20. The molecule has 0 N–H and O–H groups in total. The van der Waals surface area contributed by atoms with Crippen LogP contribution in [-0.2, 0) is 27.1 Å². The molecule has 4 aliphatic rings. The van der Waals surface area contributed by atoms with Gasteiger partial charge in [-0.1, -0.05) is 291 Å². The van der Waals surface area contributed by atoms with Gasteiger partial charge in [0.1, 0.15) is 54.8 Å². The molecule has 0 radical (unpaired) electrons. The molecule has 0 atom stereocenters. The molecular weight excluding hydrogens is 1690 g/mol. The summed E-state index contributed by atoms with van der Waals surface area (Å²) < 4.78 is 25.1. The maximum absolute atomic E-state index is 6.28. The lowest BCUT2D eigenvalue weighted by atomic mass is 9.70. The molecule has 4 aromatic heterocycles. The Morgan fingerprint density at radius 1 is 0.203 bits per heavy atom. The zero-order valence-electron chi connectivity index (χ0n) is 73.5. The fourth-order valence-corrected chi connectivity index (χ4v) is 28.8. The minimum absolute atomic E-state index is 0.313. The molecule has 0 saturated carbocycles. The lowest BCUT2D eigenvalue weighted by Gasteiger charge is -2.35. The van der Waals surface area contributed by atoms with E-state index in [0.29, 0.717) is 26.4 Å². The van der Waals surface area contributed by atoms with E-state index in [1.165, 1.54) is 150 Å². The van der Waals surface area contributed by atoms with E-state index >= 15 is 0 Å². The van der Waals surface area contributed by atoms with E-state index in [1.807, 2.05) is 73.0 Å². The van der Waals surface area contributed by atoms with E-state index in [-0.39, 0.29) is 0 Å². The van der Waals surface area contributed by atoms with Gasteiger partial charge in [-0.2, -0.15) is 0 Å². The van der Waals surface area contributed by atoms with E-state index in [9.17, 15) is 0 Å². The zero-order chi connectivity index (χ0) is 89.0. The fourth-order valence-electron chi connectivity index (χ4n) is 22.5. The van der Waals surface area contributed by atoms with Crippen LogP contribution in [-0.4, -0.2) is 26.4 Å². The molecule has 0 amide bonds. The number of ether oxygens (including phenoxy) is 4. The molecular formula is C125H84O4S4. The second kappa shape index (κ2) is 32.7. The second-order valence-corrected chi connectivity index (χ2v) is 38.9. The molecule has 0 aliphatic heterocycles. The monoisotopic (exact) mass is 1780 g/mol. The van der Waals surface area contributed by atoms with Crippen molar-refractivity contribution in [3.63, 3.8) is 0 Å². The van der Waals surface area contributed by atoms with Gasteiger partial charge in [0.25, 0.3) is 0 Å². The van der Waals surface area contributed by atoms with Crippen molar-refractivity contribution in [2.45, 2.75) is 54.8 Å². The molecule has 133 heavy (non-hydrogen) atoms. The summed E-state index contributed by atoms with van der Waals surface area (Å²) in [7, 11) is 0. The first-order valence-electron chi connectivity index (χ1n) is 45.2. The van der Waals surface area contributed by atoms with Gasteiger partial charge in [-0.3, -0.25) is 0 Å². The van der Waals surface area contributed by atoms with Crippen LogP contribution in [0.3, 0.4) is 0 Å². The number of benzene rings is 16. The van der Waals surface area contributed by atoms with Gasteiger partial charge in [-0.15, -0.1) is 69.0 Å². The van der Waals surface area contributed by atoms with Gasteiger partial charge >= 0.3 is 0 Å². The van der Waals surface area contributed by atoms with Gasteiger partial charge in [0.05, 0.1) is 21.7 Å². The van der Waals surface area contributed by atoms with Gasteiger partial charge in [0.15, 0.2) is 0 Å². The Bertz CT molecular complexity index is 7270. The highest BCUT2D eigenvalue weighted by Crippen LogP contribution is 2.67. The Kier molecular flexibility index (Phi) is 19.9. The third-order valence-corrected chi connectivity index (χ3v) is 33.4. The standard InChI is InChI=1S/C125H84O4S4/c1-5-9-69-126-93-57-49-81-73-89(53-45-85(81)77-93)121(105-37-21-13-29-97(105)98-30-14-22-38-106(98)121)113-61-65-117(130-113)125(118-66-62-114(131-118)122(107-39-23-15-31-99(107)100-32-16-24-40-108(100)122)90-54-46-86-78-94(127-70-10-6-2)58-50-82(86)74-90,119-67-63-115(132-119)123(109-41-25-17-33-101(109)102-34-18-26-42-110(102)123)91-55-47-87-79-95(128-71-11-7-3)59-51-83(87)75-91)120-68-64-116(133-120)124(111-43-27-19-35-103(111)104-36-20-28-44-112(104)124)92-56-48-88-80-96(129-72-12-8-4)60-52-84(88)76-92/h13-68,73-80H,69-72H2,1-4H3. The summed E-state index contributed by atoms with van der Waals surface area (Å²) in [4.78, 5) is 9.60. The summed E-state index contributed by atoms with van der Waals surface area (Å²) in [5, 5.41) is 8.83. The third-order valence-electron chi connectivity index (χ3n) is 28.1. The number of hydrogen-bond donors (Lipinski definition) is 0. The van der Waals surface area contributed by atoms with Gasteiger partial charge in [-0.05, 0) is 303 Å². The Labute approximate surface area is 791 Å². The van der Waals surface area contributed by atoms with Crippen molar-refractivity contribution in [3.05, 3.63) is 494 Å². The topological polar surface area (TPSA) is 36.9 Å². The summed E-state index contributed by atoms with van der Waals surface area (Å²) >= 11 is 7.86. The van der Waals surface area contributed by atoms with E-state index in [0.717, 1.165) is 66.1 Å². The SMILES string of the molecule is CC#CCOc1ccc2cc(C3(c4ccc(C(c5ccc(C6(c7ccc8cc(OCC#CC)ccc8c7)c7ccccc7-c7ccccc76)s5)(c5ccc(C6(c7ccc8cc(OCC#CC)ccc8c7)c7ccccc7-c7ccccc76)s5)c5ccc(C6(c7ccc8cc(OCC#CC)ccc8c7)c7ccccc7-c7ccccc76)s5)s4)c4ccccc4-c4ccccc43)ccc2c1. The minimum atomic E-state index is -1.10. The van der Waals surface area contributed by atoms with Crippen molar-refractivity contribution in [1.82, 2.24) is 0 Å². The Morgan fingerprint density at radius 2 is 0.383 bits per heavy atom. The molecule has 20 aromatic rings. The molecule has 0 bridgehead atoms. The Hall–Kier alpha value is -15.2. The summed E-state index contributed by atoms with van der Waals surface area (Å²) in [5.74, 6) is 27.7. The highest BCUT2D eigenvalue weighted by Gasteiger charge is 2.56. The predicted octanol–water partition coefficient (Wildman–Crippen LogP) is 30.0. The highest BCUT2D eigenvalue weighted by molar-refractivity contribution is 7.17. The maximum Gasteiger partial charge on any atom is 0.149 e. The lowest BCUT2D eigenvalue weighted by molar-refractivity contribution is 0.370. The number of fused-ring (bicyclic) bond motifs is 16. The fraction of sp³-hybridized carbons (Fsp3) is 0.104. The highest BCUT2D eigenvalue weighted by atomic mass is 32.1. The summed E-state index contributed by atoms with van der Waals surface area (Å²) in [6, 6.07) is 148. The molecule has 16 aromatic carbocycles. The van der Waals surface area contributed by atoms with Crippen LogP contribution in [0.2, 0.25) is 0 Å². The van der Waals surface area contributed by atoms with Crippen molar-refractivity contribution in [2.24, 2.45) is 0 Å². The van der Waals surface area contributed by atoms with E-state index in [1.54, 1.807) is 0 Å². The van der Waals surface area contributed by atoms with Gasteiger partial charge < -0.3 is 18.9 Å². The summed E-state index contributed by atoms with van der Waals surface area (Å²) in [5.41, 5.74) is 20.0. The maximum atomic E-state index is 6.28. The molecule has 24 rings (SSSR count). The molecule has 0 spiro atoms. The largest absolute Gasteiger partial charge is 0.481 e. The van der Waals surface area contributed by atoms with Gasteiger partial charge in [0, 0.05) is 39.0 Å². The smallest absolute Gasteiger partial charge is 0.149 e. The molecule has 0 saturated heterocycles. The van der Waals surface area contributed by atoms with Gasteiger partial charge in [-0.25, -0.2) is 0 Å². The quantitative estimate of drug-likeness (QED) is 0.0713. The molecule has 4 nitrogen and oxygen atoms in total. The minimum Gasteiger partial charge on any atom is -0.481 e. The van der Waals surface area contributed by atoms with Crippen molar-refractivity contribution in [2.75, 3.05) is 26.4 Å².